The van der Waals surface area contributed by atoms with Gasteiger partial charge in [0.2, 0.25) is 0 Å². The van der Waals surface area contributed by atoms with Crippen molar-refractivity contribution < 1.29 is 0 Å². The summed E-state index contributed by atoms with van der Waals surface area (Å²) in [5.41, 5.74) is 1.13. The van der Waals surface area contributed by atoms with Crippen molar-refractivity contribution in [3.8, 4) is 6.07 Å². The Labute approximate surface area is 110 Å². The standard InChI is InChI=1S/C15H21N3/c1-13-11-17(2)8-9-18(13)12-15(10-16)14-6-4-3-5-7-14/h3-7,13,15H,8-9,11-12H2,1-2H3. The van der Waals surface area contributed by atoms with Gasteiger partial charge in [0.15, 0.2) is 0 Å². The summed E-state index contributed by atoms with van der Waals surface area (Å²) in [7, 11) is 2.16. The van der Waals surface area contributed by atoms with Crippen LogP contribution in [-0.2, 0) is 0 Å². The van der Waals surface area contributed by atoms with Crippen molar-refractivity contribution in [2.24, 2.45) is 0 Å². The molecule has 1 aliphatic rings. The molecular formula is C15H21N3. The highest BCUT2D eigenvalue weighted by Gasteiger charge is 2.24. The van der Waals surface area contributed by atoms with Gasteiger partial charge >= 0.3 is 0 Å². The van der Waals surface area contributed by atoms with Gasteiger partial charge in [0.25, 0.3) is 0 Å². The molecule has 1 fully saturated rings. The van der Waals surface area contributed by atoms with Crippen LogP contribution in [-0.4, -0.2) is 49.1 Å². The molecule has 2 rings (SSSR count). The number of piperazine rings is 1. The Bertz CT molecular complexity index is 409. The fraction of sp³-hybridized carbons (Fsp3) is 0.533. The van der Waals surface area contributed by atoms with Crippen molar-refractivity contribution in [3.05, 3.63) is 35.9 Å². The largest absolute Gasteiger partial charge is 0.304 e. The molecule has 0 N–H and O–H groups in total. The Morgan fingerprint density at radius 1 is 1.33 bits per heavy atom. The predicted molar refractivity (Wildman–Crippen MR) is 73.3 cm³/mol. The van der Waals surface area contributed by atoms with E-state index >= 15 is 0 Å². The molecule has 3 heteroatoms. The second kappa shape index (κ2) is 5.99. The van der Waals surface area contributed by atoms with Gasteiger partial charge in [-0.1, -0.05) is 30.3 Å². The summed E-state index contributed by atoms with van der Waals surface area (Å²) in [5, 5.41) is 9.36. The van der Waals surface area contributed by atoms with Crippen LogP contribution in [0.2, 0.25) is 0 Å². The highest BCUT2D eigenvalue weighted by Crippen LogP contribution is 2.19. The molecule has 2 unspecified atom stereocenters. The van der Waals surface area contributed by atoms with Crippen LogP contribution >= 0.6 is 0 Å². The summed E-state index contributed by atoms with van der Waals surface area (Å²) < 4.78 is 0. The van der Waals surface area contributed by atoms with Gasteiger partial charge in [0, 0.05) is 32.2 Å². The van der Waals surface area contributed by atoms with Crippen LogP contribution in [0.1, 0.15) is 18.4 Å². The first-order valence-corrected chi connectivity index (χ1v) is 6.58. The summed E-state index contributed by atoms with van der Waals surface area (Å²) in [6.45, 7) is 6.33. The third kappa shape index (κ3) is 3.10. The van der Waals surface area contributed by atoms with Gasteiger partial charge in [-0.3, -0.25) is 4.90 Å². The molecule has 0 aliphatic carbocycles. The number of nitrogens with zero attached hydrogens (tertiary/aromatic N) is 3. The molecule has 0 radical (unpaired) electrons. The lowest BCUT2D eigenvalue weighted by molar-refractivity contribution is 0.0983. The molecule has 18 heavy (non-hydrogen) atoms. The van der Waals surface area contributed by atoms with E-state index in [9.17, 15) is 5.26 Å². The van der Waals surface area contributed by atoms with Crippen molar-refractivity contribution >= 4 is 0 Å². The van der Waals surface area contributed by atoms with E-state index in [2.05, 4.69) is 42.0 Å². The summed E-state index contributed by atoms with van der Waals surface area (Å²) in [4.78, 5) is 4.78. The molecule has 1 aromatic carbocycles. The van der Waals surface area contributed by atoms with E-state index in [0.717, 1.165) is 31.7 Å². The second-order valence-electron chi connectivity index (χ2n) is 5.20. The molecule has 0 bridgehead atoms. The predicted octanol–water partition coefficient (Wildman–Crippen LogP) is 1.93. The van der Waals surface area contributed by atoms with Gasteiger partial charge in [0.05, 0.1) is 12.0 Å². The van der Waals surface area contributed by atoms with Gasteiger partial charge in [-0.2, -0.15) is 5.26 Å². The average molecular weight is 243 g/mol. The number of hydrogen-bond acceptors (Lipinski definition) is 3. The van der Waals surface area contributed by atoms with Crippen molar-refractivity contribution in [2.75, 3.05) is 33.2 Å². The number of nitriles is 1. The third-order valence-electron chi connectivity index (χ3n) is 3.74. The van der Waals surface area contributed by atoms with E-state index in [-0.39, 0.29) is 5.92 Å². The van der Waals surface area contributed by atoms with E-state index in [1.165, 1.54) is 0 Å². The number of likely N-dealkylation sites (N-methyl/N-ethyl adjacent to an activating group) is 1. The van der Waals surface area contributed by atoms with Gasteiger partial charge in [0.1, 0.15) is 0 Å². The zero-order chi connectivity index (χ0) is 13.0. The summed E-state index contributed by atoms with van der Waals surface area (Å²) in [6.07, 6.45) is 0. The molecule has 0 aromatic heterocycles. The first-order chi connectivity index (χ1) is 8.70. The highest BCUT2D eigenvalue weighted by molar-refractivity contribution is 5.25. The normalized spacial score (nSPS) is 23.5. The molecule has 96 valence electrons. The molecule has 0 amide bonds. The monoisotopic (exact) mass is 243 g/mol. The van der Waals surface area contributed by atoms with Crippen molar-refractivity contribution in [2.45, 2.75) is 18.9 Å². The minimum Gasteiger partial charge on any atom is -0.304 e. The van der Waals surface area contributed by atoms with Crippen molar-refractivity contribution in [3.63, 3.8) is 0 Å². The number of rotatable bonds is 3. The first-order valence-electron chi connectivity index (χ1n) is 6.58. The minimum absolute atomic E-state index is 0.0166. The SMILES string of the molecule is CC1CN(C)CCN1CC(C#N)c1ccccc1. The van der Waals surface area contributed by atoms with E-state index in [4.69, 9.17) is 0 Å². The smallest absolute Gasteiger partial charge is 0.0839 e. The van der Waals surface area contributed by atoms with E-state index in [0.29, 0.717) is 6.04 Å². The van der Waals surface area contributed by atoms with E-state index in [1.54, 1.807) is 0 Å². The van der Waals surface area contributed by atoms with Crippen LogP contribution in [0.5, 0.6) is 0 Å². The molecule has 2 atom stereocenters. The van der Waals surface area contributed by atoms with Crippen molar-refractivity contribution in [1.82, 2.24) is 9.80 Å². The van der Waals surface area contributed by atoms with Gasteiger partial charge in [-0.25, -0.2) is 0 Å². The molecule has 1 aliphatic heterocycles. The quantitative estimate of drug-likeness (QED) is 0.812. The van der Waals surface area contributed by atoms with Crippen LogP contribution < -0.4 is 0 Å². The Morgan fingerprint density at radius 3 is 2.67 bits per heavy atom. The molecule has 0 saturated carbocycles. The maximum Gasteiger partial charge on any atom is 0.0839 e. The third-order valence-corrected chi connectivity index (χ3v) is 3.74. The molecule has 1 aromatic rings. The lowest BCUT2D eigenvalue weighted by Crippen LogP contribution is -2.51. The zero-order valence-electron chi connectivity index (χ0n) is 11.2. The Hall–Kier alpha value is -1.37. The van der Waals surface area contributed by atoms with Gasteiger partial charge in [-0.05, 0) is 19.5 Å². The summed E-state index contributed by atoms with van der Waals surface area (Å²) in [6, 6.07) is 13.1. The first kappa shape index (κ1) is 13.1. The topological polar surface area (TPSA) is 30.3 Å². The molecule has 0 spiro atoms. The van der Waals surface area contributed by atoms with Crippen LogP contribution in [0.25, 0.3) is 0 Å². The summed E-state index contributed by atoms with van der Waals surface area (Å²) in [5.74, 6) is -0.0166. The molecular weight excluding hydrogens is 222 g/mol. The van der Waals surface area contributed by atoms with Crippen LogP contribution in [0.4, 0.5) is 0 Å². The summed E-state index contributed by atoms with van der Waals surface area (Å²) >= 11 is 0. The average Bonchev–Trinajstić information content (AvgIpc) is 2.39. The van der Waals surface area contributed by atoms with Crippen LogP contribution in [0.3, 0.4) is 0 Å². The molecule has 1 heterocycles. The number of benzene rings is 1. The van der Waals surface area contributed by atoms with E-state index < -0.39 is 0 Å². The fourth-order valence-corrected chi connectivity index (χ4v) is 2.59. The minimum atomic E-state index is -0.0166. The zero-order valence-corrected chi connectivity index (χ0v) is 11.2. The van der Waals surface area contributed by atoms with Crippen LogP contribution in [0.15, 0.2) is 30.3 Å². The Kier molecular flexibility index (Phi) is 4.35. The lowest BCUT2D eigenvalue weighted by Gasteiger charge is -2.39. The molecule has 1 saturated heterocycles. The highest BCUT2D eigenvalue weighted by atomic mass is 15.3. The van der Waals surface area contributed by atoms with Gasteiger partial charge in [-0.15, -0.1) is 0 Å². The molecule has 3 nitrogen and oxygen atoms in total. The maximum atomic E-state index is 9.36. The fourth-order valence-electron chi connectivity index (χ4n) is 2.59. The van der Waals surface area contributed by atoms with Crippen LogP contribution in [0, 0.1) is 11.3 Å². The lowest BCUT2D eigenvalue weighted by atomic mass is 9.99. The van der Waals surface area contributed by atoms with Gasteiger partial charge < -0.3 is 4.90 Å². The Balaban J connectivity index is 2.01. The Morgan fingerprint density at radius 2 is 2.06 bits per heavy atom. The second-order valence-corrected chi connectivity index (χ2v) is 5.20. The maximum absolute atomic E-state index is 9.36. The number of hydrogen-bond donors (Lipinski definition) is 0. The van der Waals surface area contributed by atoms with Crippen molar-refractivity contribution in [1.29, 1.82) is 5.26 Å². The van der Waals surface area contributed by atoms with E-state index in [1.807, 2.05) is 18.2 Å².